The van der Waals surface area contributed by atoms with E-state index in [0.717, 1.165) is 5.69 Å². The summed E-state index contributed by atoms with van der Waals surface area (Å²) in [5, 5.41) is 11.5. The number of hydrogen-bond acceptors (Lipinski definition) is 5. The zero-order valence-electron chi connectivity index (χ0n) is 15.6. The predicted molar refractivity (Wildman–Crippen MR) is 106 cm³/mol. The molecule has 1 aromatic carbocycles. The van der Waals surface area contributed by atoms with Gasteiger partial charge in [-0.25, -0.2) is 14.4 Å². The number of hydrogen-bond donors (Lipinski definition) is 2. The maximum Gasteiger partial charge on any atom is 0.274 e. The second-order valence-electron chi connectivity index (χ2n) is 6.98. The van der Waals surface area contributed by atoms with Crippen molar-refractivity contribution >= 4 is 17.6 Å². The number of rotatable bonds is 3. The number of benzene rings is 1. The number of carbonyl (C=O) groups is 1. The van der Waals surface area contributed by atoms with Gasteiger partial charge in [0, 0.05) is 35.8 Å². The quantitative estimate of drug-likeness (QED) is 0.719. The predicted octanol–water partition coefficient (Wildman–Crippen LogP) is 2.78. The van der Waals surface area contributed by atoms with Gasteiger partial charge in [0.15, 0.2) is 0 Å². The monoisotopic (exact) mass is 388 g/mol. The molecule has 0 saturated carbocycles. The Morgan fingerprint density at radius 2 is 2.17 bits per heavy atom. The number of anilines is 1. The lowest BCUT2D eigenvalue weighted by molar-refractivity contribution is 0.102. The number of nitrogens with zero attached hydrogens (tertiary/aromatic N) is 4. The molecule has 0 bridgehead atoms. The van der Waals surface area contributed by atoms with Crippen LogP contribution in [0.25, 0.3) is 0 Å². The van der Waals surface area contributed by atoms with E-state index in [-0.39, 0.29) is 11.7 Å². The van der Waals surface area contributed by atoms with Crippen molar-refractivity contribution in [1.29, 1.82) is 5.26 Å². The number of amides is 1. The van der Waals surface area contributed by atoms with Gasteiger partial charge >= 0.3 is 0 Å². The molecule has 2 aromatic heterocycles. The zero-order chi connectivity index (χ0) is 20.6. The standard InChI is InChI=1S/C21H17FN6O/c1-21(10-15-3-2-8-28(15)20(24)27-21)16-9-14(5-6-17(16)22)26-19(29)18-7-4-13(11-23)12-25-18/h2-9,12H,10H2,1H3,(H2,24,27)(H,26,29)/t21-/m0/s1. The van der Waals surface area contributed by atoms with Crippen LogP contribution < -0.4 is 11.1 Å². The summed E-state index contributed by atoms with van der Waals surface area (Å²) >= 11 is 0. The lowest BCUT2D eigenvalue weighted by Crippen LogP contribution is -2.37. The number of aliphatic imine (C=N–C) groups is 1. The molecular weight excluding hydrogens is 371 g/mol. The van der Waals surface area contributed by atoms with Gasteiger partial charge in [-0.2, -0.15) is 5.26 Å². The first-order chi connectivity index (χ1) is 13.9. The summed E-state index contributed by atoms with van der Waals surface area (Å²) in [5.74, 6) is -0.606. The highest BCUT2D eigenvalue weighted by Crippen LogP contribution is 2.35. The molecule has 29 heavy (non-hydrogen) atoms. The third-order valence-corrected chi connectivity index (χ3v) is 4.90. The first-order valence-corrected chi connectivity index (χ1v) is 8.89. The SMILES string of the molecule is C[C@@]1(c2cc(NC(=O)c3ccc(C#N)cn3)ccc2F)Cc2cccn2C(N)=N1. The molecule has 0 saturated heterocycles. The van der Waals surface area contributed by atoms with Crippen LogP contribution in [0.1, 0.15) is 34.2 Å². The lowest BCUT2D eigenvalue weighted by atomic mass is 9.86. The van der Waals surface area contributed by atoms with Crippen LogP contribution in [0.3, 0.4) is 0 Å². The van der Waals surface area contributed by atoms with Crippen molar-refractivity contribution in [3.05, 3.63) is 83.2 Å². The van der Waals surface area contributed by atoms with Gasteiger partial charge in [-0.15, -0.1) is 0 Å². The molecule has 1 amide bonds. The van der Waals surface area contributed by atoms with Crippen molar-refractivity contribution in [2.45, 2.75) is 18.9 Å². The van der Waals surface area contributed by atoms with Gasteiger partial charge in [-0.3, -0.25) is 9.36 Å². The average molecular weight is 388 g/mol. The lowest BCUT2D eigenvalue weighted by Gasteiger charge is -2.31. The Balaban J connectivity index is 1.63. The Hall–Kier alpha value is -3.99. The molecule has 3 aromatic rings. The van der Waals surface area contributed by atoms with Crippen LogP contribution >= 0.6 is 0 Å². The molecular formula is C21H17FN6O. The summed E-state index contributed by atoms with van der Waals surface area (Å²) in [4.78, 5) is 20.9. The summed E-state index contributed by atoms with van der Waals surface area (Å²) in [7, 11) is 0. The van der Waals surface area contributed by atoms with Crippen LogP contribution in [-0.2, 0) is 12.0 Å². The first kappa shape index (κ1) is 18.4. The Kier molecular flexibility index (Phi) is 4.35. The number of halogens is 1. The summed E-state index contributed by atoms with van der Waals surface area (Å²) < 4.78 is 16.5. The molecule has 1 aliphatic rings. The third-order valence-electron chi connectivity index (χ3n) is 4.90. The average Bonchev–Trinajstić information content (AvgIpc) is 3.18. The van der Waals surface area contributed by atoms with E-state index in [1.807, 2.05) is 31.3 Å². The van der Waals surface area contributed by atoms with Gasteiger partial charge < -0.3 is 11.1 Å². The van der Waals surface area contributed by atoms with Crippen molar-refractivity contribution < 1.29 is 9.18 Å². The van der Waals surface area contributed by atoms with Crippen molar-refractivity contribution in [2.24, 2.45) is 10.7 Å². The summed E-state index contributed by atoms with van der Waals surface area (Å²) in [6.45, 7) is 1.81. The second-order valence-corrected chi connectivity index (χ2v) is 6.98. The number of fused-ring (bicyclic) bond motifs is 1. The molecule has 4 rings (SSSR count). The van der Waals surface area contributed by atoms with E-state index in [1.54, 1.807) is 10.6 Å². The minimum Gasteiger partial charge on any atom is -0.369 e. The molecule has 8 heteroatoms. The molecule has 1 atom stereocenters. The Morgan fingerprint density at radius 3 is 2.90 bits per heavy atom. The van der Waals surface area contributed by atoms with E-state index in [0.29, 0.717) is 23.2 Å². The molecule has 0 spiro atoms. The van der Waals surface area contributed by atoms with E-state index in [2.05, 4.69) is 15.3 Å². The number of nitrogens with two attached hydrogens (primary N) is 1. The molecule has 7 nitrogen and oxygen atoms in total. The summed E-state index contributed by atoms with van der Waals surface area (Å²) in [6, 6.07) is 13.0. The van der Waals surface area contributed by atoms with Crippen LogP contribution in [-0.4, -0.2) is 21.4 Å². The van der Waals surface area contributed by atoms with Gasteiger partial charge in [-0.1, -0.05) is 0 Å². The minimum atomic E-state index is -0.907. The molecule has 3 heterocycles. The summed E-state index contributed by atoms with van der Waals surface area (Å²) in [5.41, 5.74) is 7.33. The van der Waals surface area contributed by atoms with Gasteiger partial charge in [0.2, 0.25) is 5.96 Å². The fourth-order valence-electron chi connectivity index (χ4n) is 3.44. The maximum absolute atomic E-state index is 14.7. The Labute approximate surface area is 166 Å². The fraction of sp³-hybridized carbons (Fsp3) is 0.143. The third kappa shape index (κ3) is 3.34. The largest absolute Gasteiger partial charge is 0.369 e. The Bertz CT molecular complexity index is 1170. The van der Waals surface area contributed by atoms with Gasteiger partial charge in [0.25, 0.3) is 5.91 Å². The molecule has 3 N–H and O–H groups in total. The molecule has 0 fully saturated rings. The van der Waals surface area contributed by atoms with Crippen LogP contribution in [0.15, 0.2) is 59.9 Å². The summed E-state index contributed by atoms with van der Waals surface area (Å²) in [6.07, 6.45) is 3.60. The van der Waals surface area contributed by atoms with E-state index < -0.39 is 17.3 Å². The highest BCUT2D eigenvalue weighted by atomic mass is 19.1. The zero-order valence-corrected chi connectivity index (χ0v) is 15.6. The van der Waals surface area contributed by atoms with E-state index in [4.69, 9.17) is 11.0 Å². The van der Waals surface area contributed by atoms with E-state index >= 15 is 0 Å². The topological polar surface area (TPSA) is 109 Å². The highest BCUT2D eigenvalue weighted by Gasteiger charge is 2.34. The Morgan fingerprint density at radius 1 is 1.34 bits per heavy atom. The van der Waals surface area contributed by atoms with Crippen LogP contribution in [0.5, 0.6) is 0 Å². The van der Waals surface area contributed by atoms with Crippen molar-refractivity contribution in [3.63, 3.8) is 0 Å². The van der Waals surface area contributed by atoms with Crippen molar-refractivity contribution in [3.8, 4) is 6.07 Å². The normalized spacial score (nSPS) is 17.8. The van der Waals surface area contributed by atoms with Crippen molar-refractivity contribution in [1.82, 2.24) is 9.55 Å². The number of carbonyl (C=O) groups excluding carboxylic acids is 1. The minimum absolute atomic E-state index is 0.152. The molecule has 0 aliphatic carbocycles. The van der Waals surface area contributed by atoms with Crippen LogP contribution in [0.2, 0.25) is 0 Å². The number of nitriles is 1. The van der Waals surface area contributed by atoms with Crippen LogP contribution in [0, 0.1) is 17.1 Å². The fourth-order valence-corrected chi connectivity index (χ4v) is 3.44. The smallest absolute Gasteiger partial charge is 0.274 e. The second kappa shape index (κ2) is 6.87. The van der Waals surface area contributed by atoms with Crippen molar-refractivity contribution in [2.75, 3.05) is 5.32 Å². The number of aromatic nitrogens is 2. The van der Waals surface area contributed by atoms with Gasteiger partial charge in [0.1, 0.15) is 17.6 Å². The number of pyridine rings is 1. The molecule has 0 unspecified atom stereocenters. The first-order valence-electron chi connectivity index (χ1n) is 8.89. The molecule has 0 radical (unpaired) electrons. The maximum atomic E-state index is 14.7. The molecule has 144 valence electrons. The highest BCUT2D eigenvalue weighted by molar-refractivity contribution is 6.02. The number of nitrogens with one attached hydrogen (secondary N) is 1. The molecule has 1 aliphatic heterocycles. The van der Waals surface area contributed by atoms with E-state index in [1.165, 1.54) is 30.5 Å². The van der Waals surface area contributed by atoms with Gasteiger partial charge in [0.05, 0.1) is 11.1 Å². The van der Waals surface area contributed by atoms with Gasteiger partial charge in [-0.05, 0) is 49.4 Å². The van der Waals surface area contributed by atoms with E-state index in [9.17, 15) is 9.18 Å². The van der Waals surface area contributed by atoms with Crippen LogP contribution in [0.4, 0.5) is 10.1 Å².